The van der Waals surface area contributed by atoms with Crippen molar-refractivity contribution in [1.29, 1.82) is 0 Å². The van der Waals surface area contributed by atoms with Crippen LogP contribution in [0.25, 0.3) is 0 Å². The van der Waals surface area contributed by atoms with E-state index in [9.17, 15) is 4.39 Å². The first-order valence-electron chi connectivity index (χ1n) is 3.57. The zero-order chi connectivity index (χ0) is 9.14. The van der Waals surface area contributed by atoms with Gasteiger partial charge in [-0.1, -0.05) is 17.7 Å². The highest BCUT2D eigenvalue weighted by Crippen LogP contribution is 2.24. The third-order valence-corrected chi connectivity index (χ3v) is 2.01. The van der Waals surface area contributed by atoms with E-state index in [-0.39, 0.29) is 11.9 Å². The van der Waals surface area contributed by atoms with E-state index in [1.54, 1.807) is 19.1 Å². The molecule has 0 saturated heterocycles. The second-order valence-electron chi connectivity index (χ2n) is 2.52. The van der Waals surface area contributed by atoms with Gasteiger partial charge in [-0.15, -0.1) is 0 Å². The molecule has 12 heavy (non-hydrogen) atoms. The molecule has 4 heteroatoms. The van der Waals surface area contributed by atoms with Crippen LogP contribution in [0, 0.1) is 5.82 Å². The zero-order valence-electron chi connectivity index (χ0n) is 6.64. The molecule has 3 N–H and O–H groups in total. The number of benzene rings is 1. The second-order valence-corrected chi connectivity index (χ2v) is 2.93. The average Bonchev–Trinajstić information content (AvgIpc) is 2.03. The Morgan fingerprint density at radius 3 is 2.75 bits per heavy atom. The summed E-state index contributed by atoms with van der Waals surface area (Å²) in [5.41, 5.74) is 2.84. The summed E-state index contributed by atoms with van der Waals surface area (Å²) in [7, 11) is 0. The number of nitrogens with one attached hydrogen (secondary N) is 1. The lowest BCUT2D eigenvalue weighted by molar-refractivity contribution is 0.542. The predicted octanol–water partition coefficient (Wildman–Crippen LogP) is 2.00. The molecule has 0 fully saturated rings. The fourth-order valence-corrected chi connectivity index (χ4v) is 1.33. The summed E-state index contributed by atoms with van der Waals surface area (Å²) in [6.07, 6.45) is 0. The maximum atomic E-state index is 13.1. The van der Waals surface area contributed by atoms with Crippen LogP contribution in [0.2, 0.25) is 5.02 Å². The summed E-state index contributed by atoms with van der Waals surface area (Å²) >= 11 is 5.77. The van der Waals surface area contributed by atoms with Gasteiger partial charge in [0.05, 0.1) is 0 Å². The second kappa shape index (κ2) is 3.85. The van der Waals surface area contributed by atoms with Crippen molar-refractivity contribution >= 4 is 11.6 Å². The van der Waals surface area contributed by atoms with Gasteiger partial charge in [-0.05, 0) is 19.1 Å². The summed E-state index contributed by atoms with van der Waals surface area (Å²) in [5.74, 6) is 4.83. The van der Waals surface area contributed by atoms with E-state index in [0.717, 1.165) is 0 Å². The van der Waals surface area contributed by atoms with E-state index in [0.29, 0.717) is 10.6 Å². The lowest BCUT2D eigenvalue weighted by atomic mass is 10.1. The van der Waals surface area contributed by atoms with Gasteiger partial charge < -0.3 is 0 Å². The highest BCUT2D eigenvalue weighted by molar-refractivity contribution is 6.31. The van der Waals surface area contributed by atoms with Gasteiger partial charge in [0.2, 0.25) is 0 Å². The zero-order valence-corrected chi connectivity index (χ0v) is 7.40. The lowest BCUT2D eigenvalue weighted by Gasteiger charge is -2.12. The fourth-order valence-electron chi connectivity index (χ4n) is 1.01. The molecule has 0 aliphatic rings. The highest BCUT2D eigenvalue weighted by atomic mass is 35.5. The first kappa shape index (κ1) is 9.45. The molecule has 0 amide bonds. The molecule has 0 aliphatic heterocycles. The van der Waals surface area contributed by atoms with Crippen LogP contribution in [0.5, 0.6) is 0 Å². The van der Waals surface area contributed by atoms with Crippen molar-refractivity contribution in [3.05, 3.63) is 34.6 Å². The average molecular weight is 189 g/mol. The smallest absolute Gasteiger partial charge is 0.129 e. The first-order chi connectivity index (χ1) is 5.66. The number of hydrogen-bond acceptors (Lipinski definition) is 2. The van der Waals surface area contributed by atoms with Crippen molar-refractivity contribution in [2.45, 2.75) is 13.0 Å². The summed E-state index contributed by atoms with van der Waals surface area (Å²) in [6.45, 7) is 1.74. The topological polar surface area (TPSA) is 38.0 Å². The molecule has 2 nitrogen and oxygen atoms in total. The van der Waals surface area contributed by atoms with Crippen LogP contribution < -0.4 is 11.3 Å². The molecule has 0 radical (unpaired) electrons. The van der Waals surface area contributed by atoms with Crippen molar-refractivity contribution in [3.8, 4) is 0 Å². The Morgan fingerprint density at radius 2 is 2.25 bits per heavy atom. The molecule has 0 bridgehead atoms. The number of hydrogen-bond donors (Lipinski definition) is 2. The molecule has 0 heterocycles. The molecule has 1 rings (SSSR count). The van der Waals surface area contributed by atoms with Crippen LogP contribution in [0.1, 0.15) is 18.5 Å². The van der Waals surface area contributed by atoms with Gasteiger partial charge in [0.1, 0.15) is 5.82 Å². The van der Waals surface area contributed by atoms with Gasteiger partial charge in [-0.25, -0.2) is 4.39 Å². The summed E-state index contributed by atoms with van der Waals surface area (Å²) in [4.78, 5) is 0. The molecule has 1 aromatic rings. The Morgan fingerprint density at radius 1 is 1.58 bits per heavy atom. The molecule has 0 spiro atoms. The lowest BCUT2D eigenvalue weighted by Crippen LogP contribution is -2.26. The largest absolute Gasteiger partial charge is 0.271 e. The third kappa shape index (κ3) is 1.75. The first-order valence-corrected chi connectivity index (χ1v) is 3.94. The Kier molecular flexibility index (Phi) is 3.03. The van der Waals surface area contributed by atoms with Crippen molar-refractivity contribution in [1.82, 2.24) is 5.43 Å². The quantitative estimate of drug-likeness (QED) is 0.551. The highest BCUT2D eigenvalue weighted by Gasteiger charge is 2.12. The summed E-state index contributed by atoms with van der Waals surface area (Å²) in [5, 5.41) is 0.389. The van der Waals surface area contributed by atoms with Gasteiger partial charge in [0, 0.05) is 16.6 Å². The molecule has 1 atom stereocenters. The minimum atomic E-state index is -0.340. The molecular formula is C8H10ClFN2. The molecule has 0 saturated carbocycles. The Balaban J connectivity index is 3.12. The molecule has 1 aromatic carbocycles. The summed E-state index contributed by atoms with van der Waals surface area (Å²) in [6, 6.07) is 4.27. The van der Waals surface area contributed by atoms with Crippen LogP contribution in [-0.4, -0.2) is 0 Å². The van der Waals surface area contributed by atoms with E-state index >= 15 is 0 Å². The van der Waals surface area contributed by atoms with E-state index in [1.807, 2.05) is 0 Å². The van der Waals surface area contributed by atoms with Crippen LogP contribution >= 0.6 is 11.6 Å². The molecule has 0 aliphatic carbocycles. The fraction of sp³-hybridized carbons (Fsp3) is 0.250. The van der Waals surface area contributed by atoms with E-state index in [4.69, 9.17) is 17.4 Å². The van der Waals surface area contributed by atoms with Gasteiger partial charge in [-0.2, -0.15) is 0 Å². The van der Waals surface area contributed by atoms with Gasteiger partial charge in [0.25, 0.3) is 0 Å². The molecular weight excluding hydrogens is 179 g/mol. The minimum Gasteiger partial charge on any atom is -0.271 e. The molecule has 0 unspecified atom stereocenters. The number of nitrogens with two attached hydrogens (primary N) is 1. The third-order valence-electron chi connectivity index (χ3n) is 1.68. The van der Waals surface area contributed by atoms with Crippen LogP contribution in [0.3, 0.4) is 0 Å². The van der Waals surface area contributed by atoms with Crippen molar-refractivity contribution in [2.24, 2.45) is 5.84 Å². The number of halogens is 2. The Bertz CT molecular complexity index is 258. The standard InChI is InChI=1S/C8H10ClFN2/c1-5(12-11)8-6(9)3-2-4-7(8)10/h2-5,12H,11H2,1H3/t5-/m1/s1. The van der Waals surface area contributed by atoms with Gasteiger partial charge in [-0.3, -0.25) is 11.3 Å². The molecule has 66 valence electrons. The van der Waals surface area contributed by atoms with Gasteiger partial charge >= 0.3 is 0 Å². The Labute approximate surface area is 75.5 Å². The maximum absolute atomic E-state index is 13.1. The van der Waals surface area contributed by atoms with Crippen molar-refractivity contribution < 1.29 is 4.39 Å². The van der Waals surface area contributed by atoms with Crippen molar-refractivity contribution in [3.63, 3.8) is 0 Å². The normalized spacial score (nSPS) is 13.0. The SMILES string of the molecule is C[C@@H](NN)c1c(F)cccc1Cl. The summed E-state index contributed by atoms with van der Waals surface area (Å²) < 4.78 is 13.1. The van der Waals surface area contributed by atoms with Gasteiger partial charge in [0.15, 0.2) is 0 Å². The monoisotopic (exact) mass is 188 g/mol. The van der Waals surface area contributed by atoms with E-state index < -0.39 is 0 Å². The predicted molar refractivity (Wildman–Crippen MR) is 47.1 cm³/mol. The maximum Gasteiger partial charge on any atom is 0.129 e. The number of hydrazine groups is 1. The van der Waals surface area contributed by atoms with Crippen LogP contribution in [0.15, 0.2) is 18.2 Å². The van der Waals surface area contributed by atoms with Crippen molar-refractivity contribution in [2.75, 3.05) is 0 Å². The number of rotatable bonds is 2. The van der Waals surface area contributed by atoms with Crippen LogP contribution in [-0.2, 0) is 0 Å². The minimum absolute atomic E-state index is 0.279. The molecule has 0 aromatic heterocycles. The van der Waals surface area contributed by atoms with Crippen LogP contribution in [0.4, 0.5) is 4.39 Å². The van der Waals surface area contributed by atoms with E-state index in [1.165, 1.54) is 6.07 Å². The Hall–Kier alpha value is -0.640. The van der Waals surface area contributed by atoms with E-state index in [2.05, 4.69) is 5.43 Å².